The smallest absolute Gasteiger partial charge is 0.218 e. The van der Waals surface area contributed by atoms with E-state index in [1.54, 1.807) is 6.07 Å². The highest BCUT2D eigenvalue weighted by atomic mass is 35.5. The Kier molecular flexibility index (Phi) is 6.35. The average molecular weight is 447 g/mol. The summed E-state index contributed by atoms with van der Waals surface area (Å²) in [4.78, 5) is 23.6. The van der Waals surface area contributed by atoms with Gasteiger partial charge in [0.1, 0.15) is 17.0 Å². The van der Waals surface area contributed by atoms with Gasteiger partial charge in [0, 0.05) is 24.1 Å². The van der Waals surface area contributed by atoms with Crippen molar-refractivity contribution in [1.82, 2.24) is 14.9 Å². The molecule has 3 aliphatic rings. The van der Waals surface area contributed by atoms with Gasteiger partial charge in [-0.1, -0.05) is 18.0 Å². The van der Waals surface area contributed by atoms with Crippen molar-refractivity contribution < 1.29 is 14.6 Å². The summed E-state index contributed by atoms with van der Waals surface area (Å²) in [5.41, 5.74) is -0.0783. The third-order valence-electron chi connectivity index (χ3n) is 7.20. The number of halogens is 1. The second-order valence-corrected chi connectivity index (χ2v) is 9.52. The molecule has 1 aliphatic heterocycles. The van der Waals surface area contributed by atoms with Crippen LogP contribution in [0.25, 0.3) is 5.76 Å². The summed E-state index contributed by atoms with van der Waals surface area (Å²) in [6.07, 6.45) is 7.07. The summed E-state index contributed by atoms with van der Waals surface area (Å²) in [5.74, 6) is 0.315. The number of nitrogens with one attached hydrogen (secondary N) is 1. The third-order valence-corrected chi connectivity index (χ3v) is 7.39. The molecular formula is C23H31ClN4O3. The average Bonchev–Trinajstić information content (AvgIpc) is 3.17. The molecule has 2 N–H and O–H groups in total. The van der Waals surface area contributed by atoms with E-state index in [0.717, 1.165) is 38.6 Å². The summed E-state index contributed by atoms with van der Waals surface area (Å²) in [6.45, 7) is 3.05. The Labute approximate surface area is 188 Å². The quantitative estimate of drug-likeness (QED) is 0.518. The monoisotopic (exact) mass is 446 g/mol. The first-order chi connectivity index (χ1) is 14.8. The predicted octanol–water partition coefficient (Wildman–Crippen LogP) is 4.59. The molecule has 2 aliphatic carbocycles. The fourth-order valence-electron chi connectivity index (χ4n) is 5.46. The van der Waals surface area contributed by atoms with Crippen LogP contribution in [-0.2, 0) is 4.79 Å². The number of ketones is 1. The molecule has 0 radical (unpaired) electrons. The molecule has 7 nitrogen and oxygen atoms in total. The van der Waals surface area contributed by atoms with Crippen LogP contribution in [0.15, 0.2) is 11.6 Å². The standard InChI is InChI=1S/C23H31ClN4O3/c1-14(16-8-6-12-28(16)2)31-19-13-18(24)26-22(27-19)20(30)15-7-5-11-23(21(15)25)10-4-3-9-17(23)29/h13-14,16,25,30H,3-12H2,1-2H3/b20-15-,25-21?/t14-,16-,23+/m0/s1. The molecule has 1 spiro atoms. The number of allylic oxidation sites excluding steroid dienone is 1. The Bertz CT molecular complexity index is 914. The van der Waals surface area contributed by atoms with Gasteiger partial charge in [-0.05, 0) is 65.5 Å². The lowest BCUT2D eigenvalue weighted by atomic mass is 9.62. The summed E-state index contributed by atoms with van der Waals surface area (Å²) in [5, 5.41) is 20.0. The number of carbonyl (C=O) groups excluding carboxylic acids is 1. The van der Waals surface area contributed by atoms with Crippen molar-refractivity contribution in [1.29, 1.82) is 5.41 Å². The SMILES string of the molecule is C[C@H](Oc1cc(Cl)nc(/C(O)=C2\CCC[C@@]3(CCCCC3=O)C2=N)n1)[C@@H]1CCCN1C. The van der Waals surface area contributed by atoms with E-state index in [2.05, 4.69) is 21.9 Å². The van der Waals surface area contributed by atoms with Crippen LogP contribution in [0.2, 0.25) is 5.15 Å². The lowest BCUT2D eigenvalue weighted by Crippen LogP contribution is -2.44. The molecule has 0 unspecified atom stereocenters. The molecule has 1 aromatic rings. The maximum Gasteiger partial charge on any atom is 0.218 e. The van der Waals surface area contributed by atoms with Gasteiger partial charge in [0.15, 0.2) is 11.6 Å². The maximum absolute atomic E-state index is 12.7. The van der Waals surface area contributed by atoms with Crippen molar-refractivity contribution in [3.05, 3.63) is 22.6 Å². The Hall–Kier alpha value is -1.99. The molecule has 2 saturated carbocycles. The molecule has 0 aromatic carbocycles. The first-order valence-corrected chi connectivity index (χ1v) is 11.7. The highest BCUT2D eigenvalue weighted by Gasteiger charge is 2.47. The minimum atomic E-state index is -0.765. The van der Waals surface area contributed by atoms with Crippen LogP contribution < -0.4 is 4.74 Å². The highest BCUT2D eigenvalue weighted by Crippen LogP contribution is 2.46. The Morgan fingerprint density at radius 2 is 2.06 bits per heavy atom. The van der Waals surface area contributed by atoms with Crippen LogP contribution in [0.4, 0.5) is 0 Å². The minimum Gasteiger partial charge on any atom is -0.504 e. The number of likely N-dealkylation sites (tertiary alicyclic amines) is 1. The fraction of sp³-hybridized carbons (Fsp3) is 0.652. The van der Waals surface area contributed by atoms with Crippen LogP contribution in [0.1, 0.15) is 70.5 Å². The van der Waals surface area contributed by atoms with Crippen LogP contribution >= 0.6 is 11.6 Å². The molecule has 0 amide bonds. The van der Waals surface area contributed by atoms with Gasteiger partial charge in [0.2, 0.25) is 5.88 Å². The van der Waals surface area contributed by atoms with Gasteiger partial charge in [-0.2, -0.15) is 4.98 Å². The van der Waals surface area contributed by atoms with Crippen LogP contribution in [0.3, 0.4) is 0 Å². The van der Waals surface area contributed by atoms with Crippen molar-refractivity contribution in [2.75, 3.05) is 13.6 Å². The molecule has 168 valence electrons. The van der Waals surface area contributed by atoms with Crippen LogP contribution in [0, 0.1) is 10.8 Å². The van der Waals surface area contributed by atoms with Crippen molar-refractivity contribution in [2.24, 2.45) is 5.41 Å². The Morgan fingerprint density at radius 3 is 2.77 bits per heavy atom. The number of Topliss-reactive ketones (excluding diaryl/α,β-unsaturated/α-hetero) is 1. The number of rotatable bonds is 4. The number of aliphatic hydroxyl groups is 1. The summed E-state index contributed by atoms with van der Waals surface area (Å²) < 4.78 is 6.06. The normalized spacial score (nSPS) is 30.0. The molecule has 3 atom stereocenters. The number of likely N-dealkylation sites (N-methyl/N-ethyl adjacent to an activating group) is 1. The molecule has 4 rings (SSSR count). The van der Waals surface area contributed by atoms with Crippen LogP contribution in [0.5, 0.6) is 5.88 Å². The van der Waals surface area contributed by atoms with Crippen LogP contribution in [-0.4, -0.2) is 57.2 Å². The number of nitrogens with zero attached hydrogens (tertiary/aromatic N) is 3. The van der Waals surface area contributed by atoms with Crippen molar-refractivity contribution in [3.63, 3.8) is 0 Å². The molecule has 8 heteroatoms. The number of aromatic nitrogens is 2. The molecule has 31 heavy (non-hydrogen) atoms. The summed E-state index contributed by atoms with van der Waals surface area (Å²) in [6, 6.07) is 1.85. The van der Waals surface area contributed by atoms with E-state index in [9.17, 15) is 9.90 Å². The van der Waals surface area contributed by atoms with E-state index in [4.69, 9.17) is 21.7 Å². The predicted molar refractivity (Wildman–Crippen MR) is 120 cm³/mol. The van der Waals surface area contributed by atoms with E-state index in [0.29, 0.717) is 43.2 Å². The van der Waals surface area contributed by atoms with Gasteiger partial charge >= 0.3 is 0 Å². The van der Waals surface area contributed by atoms with E-state index in [-0.39, 0.29) is 34.3 Å². The van der Waals surface area contributed by atoms with Gasteiger partial charge in [-0.15, -0.1) is 0 Å². The fourth-order valence-corrected chi connectivity index (χ4v) is 5.63. The molecule has 3 fully saturated rings. The number of hydrogen-bond acceptors (Lipinski definition) is 7. The maximum atomic E-state index is 12.7. The summed E-state index contributed by atoms with van der Waals surface area (Å²) >= 11 is 6.22. The number of hydrogen-bond donors (Lipinski definition) is 2. The third kappa shape index (κ3) is 4.22. The first kappa shape index (κ1) is 22.2. The Morgan fingerprint density at radius 1 is 1.29 bits per heavy atom. The van der Waals surface area contributed by atoms with Crippen molar-refractivity contribution in [2.45, 2.75) is 76.9 Å². The number of ether oxygens (including phenoxy) is 1. The topological polar surface area (TPSA) is 99.4 Å². The first-order valence-electron chi connectivity index (χ1n) is 11.3. The number of carbonyl (C=O) groups is 1. The molecule has 0 bridgehead atoms. The van der Waals surface area contributed by atoms with Gasteiger partial charge in [0.05, 0.1) is 11.1 Å². The zero-order valence-electron chi connectivity index (χ0n) is 18.3. The summed E-state index contributed by atoms with van der Waals surface area (Å²) in [7, 11) is 2.09. The Balaban J connectivity index is 1.62. The second kappa shape index (κ2) is 8.87. The van der Waals surface area contributed by atoms with E-state index < -0.39 is 5.41 Å². The van der Waals surface area contributed by atoms with E-state index in [1.807, 2.05) is 6.92 Å². The highest BCUT2D eigenvalue weighted by molar-refractivity contribution is 6.29. The van der Waals surface area contributed by atoms with Crippen molar-refractivity contribution in [3.8, 4) is 5.88 Å². The zero-order valence-corrected chi connectivity index (χ0v) is 19.0. The van der Waals surface area contributed by atoms with E-state index in [1.165, 1.54) is 0 Å². The van der Waals surface area contributed by atoms with Crippen molar-refractivity contribution >= 4 is 28.9 Å². The molecule has 1 aromatic heterocycles. The van der Waals surface area contributed by atoms with E-state index >= 15 is 0 Å². The second-order valence-electron chi connectivity index (χ2n) is 9.13. The molecule has 1 saturated heterocycles. The minimum absolute atomic E-state index is 0.0505. The van der Waals surface area contributed by atoms with Gasteiger partial charge in [0.25, 0.3) is 0 Å². The lowest BCUT2D eigenvalue weighted by molar-refractivity contribution is -0.128. The molecular weight excluding hydrogens is 416 g/mol. The molecule has 2 heterocycles. The zero-order chi connectivity index (χ0) is 22.2. The largest absolute Gasteiger partial charge is 0.504 e. The van der Waals surface area contributed by atoms with Gasteiger partial charge in [-0.3, -0.25) is 9.69 Å². The van der Waals surface area contributed by atoms with Gasteiger partial charge in [-0.25, -0.2) is 4.98 Å². The lowest BCUT2D eigenvalue weighted by Gasteiger charge is -2.40. The van der Waals surface area contributed by atoms with Gasteiger partial charge < -0.3 is 15.3 Å². The number of aliphatic hydroxyl groups excluding tert-OH is 1.